The van der Waals surface area contributed by atoms with Crippen LogP contribution in [-0.4, -0.2) is 79.1 Å². The van der Waals surface area contributed by atoms with Gasteiger partial charge in [-0.25, -0.2) is 8.78 Å². The first-order valence-electron chi connectivity index (χ1n) is 14.4. The summed E-state index contributed by atoms with van der Waals surface area (Å²) in [5.41, 5.74) is 3.23. The SMILES string of the molecule is Cc1ccccc1OCC(=O)NC(Cc1ccccc1)C(O)C(=O)N1CC(F)(F)CC1C(=O)NCc1ccc(N(C)C)cc1. The lowest BCUT2D eigenvalue weighted by Gasteiger charge is -2.30. The summed E-state index contributed by atoms with van der Waals surface area (Å²) >= 11 is 0. The smallest absolute Gasteiger partial charge is 0.267 e. The van der Waals surface area contributed by atoms with E-state index in [0.29, 0.717) is 16.2 Å². The average Bonchev–Trinajstić information content (AvgIpc) is 3.34. The van der Waals surface area contributed by atoms with Crippen LogP contribution in [0.4, 0.5) is 14.5 Å². The van der Waals surface area contributed by atoms with E-state index in [-0.39, 0.29) is 19.6 Å². The number of carbonyl (C=O) groups excluding carboxylic acids is 3. The lowest BCUT2D eigenvalue weighted by atomic mass is 9.99. The predicted octanol–water partition coefficient (Wildman–Crippen LogP) is 3.08. The highest BCUT2D eigenvalue weighted by Gasteiger charge is 2.51. The minimum Gasteiger partial charge on any atom is -0.484 e. The fraction of sp³-hybridized carbons (Fsp3) is 0.364. The number of benzene rings is 3. The molecule has 1 fully saturated rings. The van der Waals surface area contributed by atoms with E-state index in [0.717, 1.165) is 16.8 Å². The molecule has 0 saturated carbocycles. The van der Waals surface area contributed by atoms with Crippen molar-refractivity contribution >= 4 is 23.4 Å². The van der Waals surface area contributed by atoms with Gasteiger partial charge in [0.25, 0.3) is 17.7 Å². The van der Waals surface area contributed by atoms with E-state index in [9.17, 15) is 28.3 Å². The number of alkyl halides is 2. The number of anilines is 1. The molecular weight excluding hydrogens is 570 g/mol. The van der Waals surface area contributed by atoms with Crippen LogP contribution >= 0.6 is 0 Å². The Labute approximate surface area is 255 Å². The number of carbonyl (C=O) groups is 3. The van der Waals surface area contributed by atoms with E-state index in [1.807, 2.05) is 62.3 Å². The maximum atomic E-state index is 14.6. The summed E-state index contributed by atoms with van der Waals surface area (Å²) in [6, 6.07) is 20.6. The molecule has 3 aromatic carbocycles. The number of aliphatic hydroxyl groups excluding tert-OH is 1. The maximum absolute atomic E-state index is 14.6. The second-order valence-corrected chi connectivity index (χ2v) is 11.2. The first-order chi connectivity index (χ1) is 20.9. The molecule has 0 aliphatic carbocycles. The van der Waals surface area contributed by atoms with Crippen molar-refractivity contribution in [3.63, 3.8) is 0 Å². The number of para-hydroxylation sites is 1. The third-order valence-electron chi connectivity index (χ3n) is 7.51. The van der Waals surface area contributed by atoms with Crippen LogP contribution in [-0.2, 0) is 27.3 Å². The van der Waals surface area contributed by atoms with E-state index in [4.69, 9.17) is 4.74 Å². The van der Waals surface area contributed by atoms with Crippen molar-refractivity contribution in [3.05, 3.63) is 95.6 Å². The Morgan fingerprint density at radius 1 is 1.00 bits per heavy atom. The molecule has 4 rings (SSSR count). The van der Waals surface area contributed by atoms with Crippen molar-refractivity contribution in [2.24, 2.45) is 0 Å². The Bertz CT molecular complexity index is 1440. The monoisotopic (exact) mass is 608 g/mol. The van der Waals surface area contributed by atoms with Gasteiger partial charge in [-0.05, 0) is 48.2 Å². The fourth-order valence-corrected chi connectivity index (χ4v) is 5.06. The molecule has 3 amide bonds. The summed E-state index contributed by atoms with van der Waals surface area (Å²) in [5, 5.41) is 16.5. The summed E-state index contributed by atoms with van der Waals surface area (Å²) in [6.07, 6.45) is -2.74. The number of nitrogens with one attached hydrogen (secondary N) is 2. The minimum absolute atomic E-state index is 0.0356. The van der Waals surface area contributed by atoms with Gasteiger partial charge in [0.1, 0.15) is 11.8 Å². The quantitative estimate of drug-likeness (QED) is 0.292. The van der Waals surface area contributed by atoms with Gasteiger partial charge in [0.05, 0.1) is 12.6 Å². The number of hydrogen-bond acceptors (Lipinski definition) is 6. The van der Waals surface area contributed by atoms with Crippen LogP contribution in [0.3, 0.4) is 0 Å². The van der Waals surface area contributed by atoms with E-state index >= 15 is 0 Å². The van der Waals surface area contributed by atoms with Crippen molar-refractivity contribution in [2.75, 3.05) is 32.1 Å². The molecule has 1 heterocycles. The number of aryl methyl sites for hydroxylation is 1. The average molecular weight is 609 g/mol. The van der Waals surface area contributed by atoms with Gasteiger partial charge in [-0.1, -0.05) is 60.7 Å². The first-order valence-corrected chi connectivity index (χ1v) is 14.4. The van der Waals surface area contributed by atoms with Crippen molar-refractivity contribution in [3.8, 4) is 5.75 Å². The second kappa shape index (κ2) is 14.3. The van der Waals surface area contributed by atoms with E-state index in [1.165, 1.54) is 0 Å². The molecule has 3 unspecified atom stereocenters. The molecular formula is C33H38F2N4O5. The van der Waals surface area contributed by atoms with E-state index in [2.05, 4.69) is 10.6 Å². The maximum Gasteiger partial charge on any atom is 0.267 e. The molecule has 0 spiro atoms. The number of amides is 3. The Balaban J connectivity index is 1.46. The summed E-state index contributed by atoms with van der Waals surface area (Å²) in [7, 11) is 3.79. The number of ether oxygens (including phenoxy) is 1. The first kappa shape index (κ1) is 32.4. The van der Waals surface area contributed by atoms with E-state index in [1.54, 1.807) is 42.5 Å². The number of nitrogens with zero attached hydrogens (tertiary/aromatic N) is 2. The lowest BCUT2D eigenvalue weighted by molar-refractivity contribution is -0.147. The van der Waals surface area contributed by atoms with Crippen LogP contribution in [0.2, 0.25) is 0 Å². The van der Waals surface area contributed by atoms with Crippen LogP contribution in [0.1, 0.15) is 23.1 Å². The molecule has 3 atom stereocenters. The molecule has 1 saturated heterocycles. The summed E-state index contributed by atoms with van der Waals surface area (Å²) < 4.78 is 34.8. The van der Waals surface area contributed by atoms with Crippen LogP contribution in [0.15, 0.2) is 78.9 Å². The fourth-order valence-electron chi connectivity index (χ4n) is 5.06. The molecule has 0 aromatic heterocycles. The van der Waals surface area contributed by atoms with Gasteiger partial charge >= 0.3 is 0 Å². The van der Waals surface area contributed by atoms with Gasteiger partial charge in [-0.15, -0.1) is 0 Å². The number of hydrogen-bond donors (Lipinski definition) is 3. The summed E-state index contributed by atoms with van der Waals surface area (Å²) in [4.78, 5) is 42.1. The lowest BCUT2D eigenvalue weighted by Crippen LogP contribution is -2.56. The van der Waals surface area contributed by atoms with Crippen molar-refractivity contribution in [1.82, 2.24) is 15.5 Å². The van der Waals surface area contributed by atoms with Crippen molar-refractivity contribution in [1.29, 1.82) is 0 Å². The van der Waals surface area contributed by atoms with E-state index < -0.39 is 54.8 Å². The number of likely N-dealkylation sites (tertiary alicyclic amines) is 1. The predicted molar refractivity (Wildman–Crippen MR) is 162 cm³/mol. The van der Waals surface area contributed by atoms with Gasteiger partial charge in [0.15, 0.2) is 12.7 Å². The topological polar surface area (TPSA) is 111 Å². The third-order valence-corrected chi connectivity index (χ3v) is 7.51. The summed E-state index contributed by atoms with van der Waals surface area (Å²) in [6.45, 7) is 0.486. The third kappa shape index (κ3) is 8.53. The minimum atomic E-state index is -3.33. The number of halogens is 2. The molecule has 0 bridgehead atoms. The van der Waals surface area contributed by atoms with Crippen LogP contribution in [0.25, 0.3) is 0 Å². The molecule has 234 valence electrons. The van der Waals surface area contributed by atoms with Crippen LogP contribution < -0.4 is 20.3 Å². The molecule has 0 radical (unpaired) electrons. The molecule has 9 nitrogen and oxygen atoms in total. The Hall–Kier alpha value is -4.51. The Morgan fingerprint density at radius 2 is 1.66 bits per heavy atom. The summed E-state index contributed by atoms with van der Waals surface area (Å²) in [5.74, 6) is -5.26. The van der Waals surface area contributed by atoms with Gasteiger partial charge in [0, 0.05) is 32.7 Å². The molecule has 1 aliphatic heterocycles. The molecule has 11 heteroatoms. The van der Waals surface area contributed by atoms with Gasteiger partial charge in [0.2, 0.25) is 5.91 Å². The second-order valence-electron chi connectivity index (χ2n) is 11.2. The van der Waals surface area contributed by atoms with Crippen LogP contribution in [0, 0.1) is 6.92 Å². The van der Waals surface area contributed by atoms with Gasteiger partial charge < -0.3 is 30.3 Å². The molecule has 3 N–H and O–H groups in total. The van der Waals surface area contributed by atoms with Crippen molar-refractivity contribution < 1.29 is 33.0 Å². The molecule has 3 aromatic rings. The standard InChI is InChI=1S/C33H38F2N4O5/c1-22-9-7-8-12-28(22)44-20-29(40)37-26(17-23-10-5-4-6-11-23)30(41)32(43)39-21-33(34,35)18-27(39)31(42)36-19-24-13-15-25(16-14-24)38(2)3/h4-16,26-27,30,41H,17-21H2,1-3H3,(H,36,42)(H,37,40). The van der Waals surface area contributed by atoms with Crippen molar-refractivity contribution in [2.45, 2.75) is 50.4 Å². The highest BCUT2D eigenvalue weighted by molar-refractivity contribution is 5.91. The highest BCUT2D eigenvalue weighted by Crippen LogP contribution is 2.33. The zero-order valence-electron chi connectivity index (χ0n) is 25.0. The zero-order valence-corrected chi connectivity index (χ0v) is 25.0. The number of rotatable bonds is 12. The van der Waals surface area contributed by atoms with Crippen LogP contribution in [0.5, 0.6) is 5.75 Å². The normalized spacial score (nSPS) is 17.0. The van der Waals surface area contributed by atoms with Gasteiger partial charge in [-0.2, -0.15) is 0 Å². The molecule has 1 aliphatic rings. The molecule has 44 heavy (non-hydrogen) atoms. The van der Waals surface area contributed by atoms with Gasteiger partial charge in [-0.3, -0.25) is 14.4 Å². The number of aliphatic hydroxyl groups is 1. The Morgan fingerprint density at radius 3 is 2.32 bits per heavy atom. The largest absolute Gasteiger partial charge is 0.484 e. The Kier molecular flexibility index (Phi) is 10.5. The highest BCUT2D eigenvalue weighted by atomic mass is 19.3. The zero-order chi connectivity index (χ0) is 31.9.